The lowest BCUT2D eigenvalue weighted by Gasteiger charge is -2.09. The van der Waals surface area contributed by atoms with Gasteiger partial charge in [0.15, 0.2) is 0 Å². The smallest absolute Gasteiger partial charge is 0.275 e. The topological polar surface area (TPSA) is 64.4 Å². The molecule has 0 saturated carbocycles. The Morgan fingerprint density at radius 1 is 1.50 bits per heavy atom. The van der Waals surface area contributed by atoms with E-state index in [0.717, 1.165) is 0 Å². The normalized spacial score (nSPS) is 10.9. The first-order valence-electron chi connectivity index (χ1n) is 5.76. The molecule has 0 bridgehead atoms. The molecule has 6 heteroatoms. The van der Waals surface area contributed by atoms with Crippen molar-refractivity contribution in [1.29, 1.82) is 0 Å². The Kier molecular flexibility index (Phi) is 6.04. The molecular weight excluding hydrogens is 256 g/mol. The van der Waals surface area contributed by atoms with Crippen molar-refractivity contribution in [3.05, 3.63) is 38.9 Å². The fourth-order valence-electron chi connectivity index (χ4n) is 1.45. The SMILES string of the molecule is CC(C)OCCNCc1ccc(Cl)cc1[N+](=O)[O-]. The van der Waals surface area contributed by atoms with E-state index in [1.165, 1.54) is 6.07 Å². The Hall–Kier alpha value is -1.17. The van der Waals surface area contributed by atoms with Crippen molar-refractivity contribution in [3.8, 4) is 0 Å². The first-order valence-corrected chi connectivity index (χ1v) is 6.13. The van der Waals surface area contributed by atoms with Crippen LogP contribution >= 0.6 is 11.6 Å². The fraction of sp³-hybridized carbons (Fsp3) is 0.500. The number of nitrogens with one attached hydrogen (secondary N) is 1. The van der Waals surface area contributed by atoms with E-state index in [4.69, 9.17) is 16.3 Å². The number of nitrogens with zero attached hydrogens (tertiary/aromatic N) is 1. The fourth-order valence-corrected chi connectivity index (χ4v) is 1.61. The number of benzene rings is 1. The van der Waals surface area contributed by atoms with Crippen molar-refractivity contribution in [2.45, 2.75) is 26.5 Å². The highest BCUT2D eigenvalue weighted by atomic mass is 35.5. The van der Waals surface area contributed by atoms with Gasteiger partial charge in [-0.25, -0.2) is 0 Å². The summed E-state index contributed by atoms with van der Waals surface area (Å²) in [5, 5.41) is 14.3. The van der Waals surface area contributed by atoms with Crippen LogP contribution in [0.4, 0.5) is 5.69 Å². The van der Waals surface area contributed by atoms with Crippen molar-refractivity contribution in [3.63, 3.8) is 0 Å². The van der Waals surface area contributed by atoms with Crippen LogP contribution < -0.4 is 5.32 Å². The highest BCUT2D eigenvalue weighted by Gasteiger charge is 2.13. The summed E-state index contributed by atoms with van der Waals surface area (Å²) in [6.45, 7) is 5.58. The molecule has 18 heavy (non-hydrogen) atoms. The molecule has 1 rings (SSSR count). The van der Waals surface area contributed by atoms with Crippen LogP contribution in [0.2, 0.25) is 5.02 Å². The molecule has 0 unspecified atom stereocenters. The molecule has 1 N–H and O–H groups in total. The number of hydrogen-bond acceptors (Lipinski definition) is 4. The van der Waals surface area contributed by atoms with E-state index in [9.17, 15) is 10.1 Å². The maximum Gasteiger partial charge on any atom is 0.275 e. The molecule has 0 fully saturated rings. The van der Waals surface area contributed by atoms with Gasteiger partial charge in [-0.1, -0.05) is 11.6 Å². The number of ether oxygens (including phenoxy) is 1. The van der Waals surface area contributed by atoms with Crippen LogP contribution in [0.25, 0.3) is 0 Å². The maximum absolute atomic E-state index is 10.8. The molecule has 0 heterocycles. The monoisotopic (exact) mass is 272 g/mol. The lowest BCUT2D eigenvalue weighted by atomic mass is 10.2. The van der Waals surface area contributed by atoms with E-state index in [1.54, 1.807) is 12.1 Å². The van der Waals surface area contributed by atoms with Gasteiger partial charge in [0.25, 0.3) is 5.69 Å². The number of rotatable bonds is 7. The first kappa shape index (κ1) is 14.9. The molecule has 0 aliphatic heterocycles. The van der Waals surface area contributed by atoms with Crippen LogP contribution in [0.1, 0.15) is 19.4 Å². The Bertz CT molecular complexity index is 410. The van der Waals surface area contributed by atoms with Gasteiger partial charge in [-0.2, -0.15) is 0 Å². The largest absolute Gasteiger partial charge is 0.377 e. The second-order valence-corrected chi connectivity index (χ2v) is 4.56. The van der Waals surface area contributed by atoms with E-state index < -0.39 is 4.92 Å². The minimum absolute atomic E-state index is 0.0415. The molecule has 100 valence electrons. The highest BCUT2D eigenvalue weighted by Crippen LogP contribution is 2.22. The average molecular weight is 273 g/mol. The van der Waals surface area contributed by atoms with E-state index in [2.05, 4.69) is 5.32 Å². The highest BCUT2D eigenvalue weighted by molar-refractivity contribution is 6.30. The molecule has 0 amide bonds. The molecule has 1 aromatic rings. The van der Waals surface area contributed by atoms with Crippen LogP contribution in [0.15, 0.2) is 18.2 Å². The number of nitro groups is 1. The summed E-state index contributed by atoms with van der Waals surface area (Å²) in [4.78, 5) is 10.4. The average Bonchev–Trinajstić information content (AvgIpc) is 2.29. The summed E-state index contributed by atoms with van der Waals surface area (Å²) in [5.74, 6) is 0. The molecule has 0 atom stereocenters. The van der Waals surface area contributed by atoms with Crippen LogP contribution in [0.5, 0.6) is 0 Å². The standard InChI is InChI=1S/C12H17ClN2O3/c1-9(2)18-6-5-14-8-10-3-4-11(13)7-12(10)15(16)17/h3-4,7,9,14H,5-6,8H2,1-2H3. The molecule has 0 radical (unpaired) electrons. The van der Waals surface area contributed by atoms with Crippen LogP contribution in [0, 0.1) is 10.1 Å². The predicted octanol–water partition coefficient (Wildman–Crippen LogP) is 2.76. The van der Waals surface area contributed by atoms with Gasteiger partial charge in [-0.15, -0.1) is 0 Å². The second kappa shape index (κ2) is 7.31. The summed E-state index contributed by atoms with van der Waals surface area (Å²) < 4.78 is 5.36. The quantitative estimate of drug-likeness (QED) is 0.471. The Morgan fingerprint density at radius 2 is 2.22 bits per heavy atom. The molecule has 0 aliphatic carbocycles. The molecule has 0 aliphatic rings. The van der Waals surface area contributed by atoms with Crippen molar-refractivity contribution in [2.75, 3.05) is 13.2 Å². The van der Waals surface area contributed by atoms with Gasteiger partial charge < -0.3 is 10.1 Å². The number of nitro benzene ring substituents is 1. The van der Waals surface area contributed by atoms with Gasteiger partial charge in [0, 0.05) is 29.7 Å². The summed E-state index contributed by atoms with van der Waals surface area (Å²) in [6.07, 6.45) is 0.191. The van der Waals surface area contributed by atoms with Gasteiger partial charge in [-0.05, 0) is 26.0 Å². The minimum atomic E-state index is -0.423. The summed E-state index contributed by atoms with van der Waals surface area (Å²) in [7, 11) is 0. The van der Waals surface area contributed by atoms with Crippen LogP contribution in [-0.2, 0) is 11.3 Å². The number of hydrogen-bond donors (Lipinski definition) is 1. The second-order valence-electron chi connectivity index (χ2n) is 4.13. The zero-order valence-electron chi connectivity index (χ0n) is 10.5. The lowest BCUT2D eigenvalue weighted by Crippen LogP contribution is -2.21. The Morgan fingerprint density at radius 3 is 2.83 bits per heavy atom. The van der Waals surface area contributed by atoms with Crippen LogP contribution in [0.3, 0.4) is 0 Å². The van der Waals surface area contributed by atoms with Crippen molar-refractivity contribution in [1.82, 2.24) is 5.32 Å². The predicted molar refractivity (Wildman–Crippen MR) is 70.9 cm³/mol. The first-order chi connectivity index (χ1) is 8.50. The third-order valence-corrected chi connectivity index (χ3v) is 2.52. The van der Waals surface area contributed by atoms with E-state index >= 15 is 0 Å². The zero-order chi connectivity index (χ0) is 13.5. The van der Waals surface area contributed by atoms with Crippen molar-refractivity contribution < 1.29 is 9.66 Å². The summed E-state index contributed by atoms with van der Waals surface area (Å²) in [6, 6.07) is 4.68. The maximum atomic E-state index is 10.8. The van der Waals surface area contributed by atoms with Gasteiger partial charge in [0.05, 0.1) is 17.6 Å². The van der Waals surface area contributed by atoms with E-state index in [-0.39, 0.29) is 11.8 Å². The van der Waals surface area contributed by atoms with E-state index in [0.29, 0.717) is 30.3 Å². The number of halogens is 1. The molecule has 5 nitrogen and oxygen atoms in total. The van der Waals surface area contributed by atoms with Crippen LogP contribution in [-0.4, -0.2) is 24.2 Å². The Labute approximate surface area is 111 Å². The molecule has 0 saturated heterocycles. The van der Waals surface area contributed by atoms with Gasteiger partial charge in [-0.3, -0.25) is 10.1 Å². The Balaban J connectivity index is 2.49. The van der Waals surface area contributed by atoms with Crippen molar-refractivity contribution in [2.24, 2.45) is 0 Å². The zero-order valence-corrected chi connectivity index (χ0v) is 11.2. The lowest BCUT2D eigenvalue weighted by molar-refractivity contribution is -0.385. The molecule has 1 aromatic carbocycles. The summed E-state index contributed by atoms with van der Waals surface area (Å²) in [5.41, 5.74) is 0.661. The van der Waals surface area contributed by atoms with E-state index in [1.807, 2.05) is 13.8 Å². The summed E-state index contributed by atoms with van der Waals surface area (Å²) >= 11 is 5.73. The third kappa shape index (κ3) is 5.00. The molecule has 0 aromatic heterocycles. The van der Waals surface area contributed by atoms with Gasteiger partial charge >= 0.3 is 0 Å². The minimum Gasteiger partial charge on any atom is -0.377 e. The molecular formula is C12H17ClN2O3. The third-order valence-electron chi connectivity index (χ3n) is 2.29. The van der Waals surface area contributed by atoms with Gasteiger partial charge in [0.2, 0.25) is 0 Å². The molecule has 0 spiro atoms. The van der Waals surface area contributed by atoms with Gasteiger partial charge in [0.1, 0.15) is 0 Å². The van der Waals surface area contributed by atoms with Crippen molar-refractivity contribution >= 4 is 17.3 Å².